The molecule has 2 aromatic carbocycles. The van der Waals surface area contributed by atoms with Gasteiger partial charge in [0.15, 0.2) is 0 Å². The number of benzene rings is 2. The molecule has 2 aromatic rings. The van der Waals surface area contributed by atoms with Crippen molar-refractivity contribution in [3.63, 3.8) is 0 Å². The van der Waals surface area contributed by atoms with Crippen LogP contribution in [0.3, 0.4) is 0 Å². The number of nitrogens with one attached hydrogen (secondary N) is 4. The fourth-order valence-corrected chi connectivity index (χ4v) is 4.17. The lowest BCUT2D eigenvalue weighted by molar-refractivity contribution is -0.115. The third-order valence-electron chi connectivity index (χ3n) is 3.28. The van der Waals surface area contributed by atoms with Gasteiger partial charge in [0.05, 0.1) is 9.79 Å². The number of sulfonamides is 2. The van der Waals surface area contributed by atoms with Crippen molar-refractivity contribution in [2.75, 3.05) is 10.6 Å². The molecule has 0 atom stereocenters. The molecule has 0 aromatic heterocycles. The number of carbonyl (C=O) groups excluding carboxylic acids is 2. The first-order valence-corrected chi connectivity index (χ1v) is 10.8. The van der Waals surface area contributed by atoms with Gasteiger partial charge in [0.25, 0.3) is 20.0 Å². The predicted octanol–water partition coefficient (Wildman–Crippen LogP) is 0.775. The molecule has 2 amide bonds. The van der Waals surface area contributed by atoms with Crippen molar-refractivity contribution in [3.05, 3.63) is 48.5 Å². The number of hydrogen-bond acceptors (Lipinski definition) is 6. The summed E-state index contributed by atoms with van der Waals surface area (Å²) in [5, 5.41) is 4.97. The van der Waals surface area contributed by atoms with Gasteiger partial charge >= 0.3 is 0 Å². The maximum Gasteiger partial charge on any atom is 0.254 e. The maximum atomic E-state index is 12.2. The number of rotatable bonds is 7. The molecular weight excluding hydrogens is 408 g/mol. The Hall–Kier alpha value is -2.80. The van der Waals surface area contributed by atoms with Gasteiger partial charge in [0.1, 0.15) is 0 Å². The molecule has 12 heteroatoms. The summed E-state index contributed by atoms with van der Waals surface area (Å²) < 4.78 is 49.0. The molecule has 0 aliphatic carbocycles. The summed E-state index contributed by atoms with van der Waals surface area (Å²) in [5.41, 5.74) is 0.789. The molecule has 150 valence electrons. The highest BCUT2D eigenvalue weighted by atomic mass is 32.2. The summed E-state index contributed by atoms with van der Waals surface area (Å²) in [7, 11) is -8.36. The number of hydrogen-bond donors (Lipinski definition) is 4. The van der Waals surface area contributed by atoms with Gasteiger partial charge < -0.3 is 10.6 Å². The minimum absolute atomic E-state index is 0.203. The van der Waals surface area contributed by atoms with Crippen LogP contribution in [0.25, 0.3) is 0 Å². The van der Waals surface area contributed by atoms with Gasteiger partial charge in [-0.15, -0.1) is 9.66 Å². The summed E-state index contributed by atoms with van der Waals surface area (Å²) in [6, 6.07) is 10.3. The molecule has 0 spiro atoms. The van der Waals surface area contributed by atoms with Crippen LogP contribution in [0.2, 0.25) is 0 Å². The lowest BCUT2D eigenvalue weighted by Gasteiger charge is -2.10. The number of anilines is 2. The Kier molecular flexibility index (Phi) is 6.51. The summed E-state index contributed by atoms with van der Waals surface area (Å²) in [6.45, 7) is 2.62. The lowest BCUT2D eigenvalue weighted by atomic mass is 10.3. The highest BCUT2D eigenvalue weighted by Crippen LogP contribution is 2.15. The quantitative estimate of drug-likeness (QED) is 0.480. The predicted molar refractivity (Wildman–Crippen MR) is 102 cm³/mol. The first-order valence-electron chi connectivity index (χ1n) is 7.78. The number of amides is 2. The molecule has 4 N–H and O–H groups in total. The van der Waals surface area contributed by atoms with E-state index in [1.165, 1.54) is 62.4 Å². The third-order valence-corrected chi connectivity index (χ3v) is 5.94. The average molecular weight is 426 g/mol. The normalized spacial score (nSPS) is 11.6. The Labute approximate surface area is 162 Å². The van der Waals surface area contributed by atoms with E-state index >= 15 is 0 Å². The zero-order chi connectivity index (χ0) is 20.9. The molecule has 0 fully saturated rings. The summed E-state index contributed by atoms with van der Waals surface area (Å²) in [4.78, 5) is 25.1. The zero-order valence-corrected chi connectivity index (χ0v) is 16.5. The Morgan fingerprint density at radius 3 is 1.14 bits per heavy atom. The van der Waals surface area contributed by atoms with E-state index in [0.29, 0.717) is 11.4 Å². The largest absolute Gasteiger partial charge is 0.326 e. The van der Waals surface area contributed by atoms with E-state index in [9.17, 15) is 26.4 Å². The summed E-state index contributed by atoms with van der Waals surface area (Å²) in [5.74, 6) is -0.628. The van der Waals surface area contributed by atoms with Crippen LogP contribution in [-0.4, -0.2) is 28.6 Å². The molecule has 0 unspecified atom stereocenters. The highest BCUT2D eigenvalue weighted by Gasteiger charge is 2.20. The topological polar surface area (TPSA) is 151 Å². The lowest BCUT2D eigenvalue weighted by Crippen LogP contribution is -2.41. The van der Waals surface area contributed by atoms with E-state index in [2.05, 4.69) is 10.6 Å². The Morgan fingerprint density at radius 1 is 0.607 bits per heavy atom. The molecule has 0 saturated heterocycles. The minimum Gasteiger partial charge on any atom is -0.326 e. The van der Waals surface area contributed by atoms with E-state index in [1.807, 2.05) is 0 Å². The molecule has 0 radical (unpaired) electrons. The van der Waals surface area contributed by atoms with Crippen molar-refractivity contribution < 1.29 is 26.4 Å². The van der Waals surface area contributed by atoms with Gasteiger partial charge in [-0.1, -0.05) is 0 Å². The molecule has 2 rings (SSSR count). The van der Waals surface area contributed by atoms with Gasteiger partial charge in [-0.25, -0.2) is 16.8 Å². The molecule has 0 aliphatic rings. The fraction of sp³-hybridized carbons (Fsp3) is 0.125. The second-order valence-corrected chi connectivity index (χ2v) is 8.99. The molecule has 0 saturated carbocycles. The van der Waals surface area contributed by atoms with Crippen molar-refractivity contribution in [3.8, 4) is 0 Å². The number of carbonyl (C=O) groups is 2. The number of hydrazine groups is 1. The Bertz CT molecular complexity index is 989. The zero-order valence-electron chi connectivity index (χ0n) is 14.9. The maximum absolute atomic E-state index is 12.2. The van der Waals surface area contributed by atoms with Gasteiger partial charge in [-0.05, 0) is 48.5 Å². The SMILES string of the molecule is CC(=O)Nc1ccc(S(=O)(=O)NNS(=O)(=O)c2ccc(NC(C)=O)cc2)cc1. The van der Waals surface area contributed by atoms with Crippen LogP contribution in [0.1, 0.15) is 13.8 Å². The van der Waals surface area contributed by atoms with E-state index in [4.69, 9.17) is 0 Å². The van der Waals surface area contributed by atoms with Crippen LogP contribution >= 0.6 is 0 Å². The van der Waals surface area contributed by atoms with E-state index in [-0.39, 0.29) is 21.6 Å². The van der Waals surface area contributed by atoms with Gasteiger partial charge in [0, 0.05) is 25.2 Å². The second-order valence-electron chi connectivity index (χ2n) is 5.62. The standard InChI is InChI=1S/C16H18N4O6S2/c1-11(21)17-13-3-7-15(8-4-13)27(23,24)19-20-28(25,26)16-9-5-14(6-10-16)18-12(2)22/h3-10,19-20H,1-2H3,(H,17,21)(H,18,22). The van der Waals surface area contributed by atoms with Crippen molar-refractivity contribution in [1.82, 2.24) is 9.66 Å². The van der Waals surface area contributed by atoms with E-state index in [0.717, 1.165) is 0 Å². The van der Waals surface area contributed by atoms with Gasteiger partial charge in [0.2, 0.25) is 11.8 Å². The summed E-state index contributed by atoms with van der Waals surface area (Å²) in [6.07, 6.45) is 0. The second kappa shape index (κ2) is 8.48. The molecule has 0 heterocycles. The van der Waals surface area contributed by atoms with Crippen LogP contribution in [0.4, 0.5) is 11.4 Å². The monoisotopic (exact) mass is 426 g/mol. The molecular formula is C16H18N4O6S2. The van der Waals surface area contributed by atoms with Crippen molar-refractivity contribution in [2.24, 2.45) is 0 Å². The summed E-state index contributed by atoms with van der Waals surface area (Å²) >= 11 is 0. The average Bonchev–Trinajstić information content (AvgIpc) is 2.60. The first kappa shape index (κ1) is 21.5. The molecule has 10 nitrogen and oxygen atoms in total. The van der Waals surface area contributed by atoms with Crippen LogP contribution in [-0.2, 0) is 29.6 Å². The first-order chi connectivity index (χ1) is 13.0. The van der Waals surface area contributed by atoms with Crippen molar-refractivity contribution >= 4 is 43.2 Å². The highest BCUT2D eigenvalue weighted by molar-refractivity contribution is 7.92. The van der Waals surface area contributed by atoms with Crippen molar-refractivity contribution in [1.29, 1.82) is 0 Å². The van der Waals surface area contributed by atoms with Crippen molar-refractivity contribution in [2.45, 2.75) is 23.6 Å². The molecule has 0 bridgehead atoms. The van der Waals surface area contributed by atoms with E-state index in [1.54, 1.807) is 9.66 Å². The van der Waals surface area contributed by atoms with Crippen LogP contribution in [0.5, 0.6) is 0 Å². The smallest absolute Gasteiger partial charge is 0.254 e. The van der Waals surface area contributed by atoms with Crippen LogP contribution in [0.15, 0.2) is 58.3 Å². The Morgan fingerprint density at radius 2 is 0.893 bits per heavy atom. The Balaban J connectivity index is 2.10. The minimum atomic E-state index is -4.18. The molecule has 28 heavy (non-hydrogen) atoms. The third kappa shape index (κ3) is 5.85. The van der Waals surface area contributed by atoms with Crippen LogP contribution in [0, 0.1) is 0 Å². The van der Waals surface area contributed by atoms with Gasteiger partial charge in [-0.2, -0.15) is 0 Å². The van der Waals surface area contributed by atoms with Gasteiger partial charge in [-0.3, -0.25) is 9.59 Å². The van der Waals surface area contributed by atoms with E-state index < -0.39 is 20.0 Å². The van der Waals surface area contributed by atoms with Crippen LogP contribution < -0.4 is 20.3 Å². The molecule has 0 aliphatic heterocycles. The fourth-order valence-electron chi connectivity index (χ4n) is 2.07.